The summed E-state index contributed by atoms with van der Waals surface area (Å²) in [6.07, 6.45) is 1.85. The van der Waals surface area contributed by atoms with E-state index in [-0.39, 0.29) is 0 Å². The van der Waals surface area contributed by atoms with Crippen LogP contribution in [0.4, 0.5) is 0 Å². The van der Waals surface area contributed by atoms with Gasteiger partial charge in [-0.2, -0.15) is 0 Å². The zero-order chi connectivity index (χ0) is 12.1. The lowest BCUT2D eigenvalue weighted by Gasteiger charge is -2.26. The molecule has 1 saturated heterocycles. The Labute approximate surface area is 111 Å². The average Bonchev–Trinajstić information content (AvgIpc) is 2.72. The van der Waals surface area contributed by atoms with Gasteiger partial charge in [0.15, 0.2) is 5.16 Å². The SMILES string of the molecule is Cn1c(CCl)cnc1SCCN1CCOCC1. The van der Waals surface area contributed by atoms with Crippen LogP contribution < -0.4 is 0 Å². The predicted molar refractivity (Wildman–Crippen MR) is 70.7 cm³/mol. The highest BCUT2D eigenvalue weighted by Gasteiger charge is 2.11. The Morgan fingerprint density at radius 1 is 1.47 bits per heavy atom. The van der Waals surface area contributed by atoms with Crippen LogP contribution in [0.3, 0.4) is 0 Å². The maximum absolute atomic E-state index is 5.81. The molecule has 1 fully saturated rings. The Hall–Kier alpha value is -0.230. The lowest BCUT2D eigenvalue weighted by molar-refractivity contribution is 0.0410. The molecule has 0 bridgehead atoms. The molecule has 0 radical (unpaired) electrons. The van der Waals surface area contributed by atoms with Crippen LogP contribution in [0.2, 0.25) is 0 Å². The molecule has 6 heteroatoms. The summed E-state index contributed by atoms with van der Waals surface area (Å²) in [7, 11) is 2.02. The summed E-state index contributed by atoms with van der Waals surface area (Å²) >= 11 is 7.60. The van der Waals surface area contributed by atoms with Gasteiger partial charge in [-0.3, -0.25) is 4.90 Å². The number of morpholine rings is 1. The summed E-state index contributed by atoms with van der Waals surface area (Å²) in [5, 5.41) is 1.05. The van der Waals surface area contributed by atoms with E-state index in [1.54, 1.807) is 11.8 Å². The Morgan fingerprint density at radius 2 is 2.24 bits per heavy atom. The highest BCUT2D eigenvalue weighted by atomic mass is 35.5. The van der Waals surface area contributed by atoms with Gasteiger partial charge >= 0.3 is 0 Å². The van der Waals surface area contributed by atoms with Crippen molar-refractivity contribution in [2.75, 3.05) is 38.6 Å². The second-order valence-electron chi connectivity index (χ2n) is 4.03. The summed E-state index contributed by atoms with van der Waals surface area (Å²) in [6.45, 7) is 4.92. The van der Waals surface area contributed by atoms with Gasteiger partial charge in [-0.1, -0.05) is 11.8 Å². The zero-order valence-corrected chi connectivity index (χ0v) is 11.6. The Balaban J connectivity index is 1.75. The number of hydrogen-bond acceptors (Lipinski definition) is 4. The molecular weight excluding hydrogens is 258 g/mol. The van der Waals surface area contributed by atoms with E-state index in [1.807, 2.05) is 13.2 Å². The molecule has 0 N–H and O–H groups in total. The maximum Gasteiger partial charge on any atom is 0.167 e. The second kappa shape index (κ2) is 6.64. The Bertz CT molecular complexity index is 352. The first-order valence-electron chi connectivity index (χ1n) is 5.80. The summed E-state index contributed by atoms with van der Waals surface area (Å²) in [5.41, 5.74) is 1.07. The predicted octanol–water partition coefficient (Wildman–Crippen LogP) is 1.58. The summed E-state index contributed by atoms with van der Waals surface area (Å²) in [6, 6.07) is 0. The van der Waals surface area contributed by atoms with Crippen LogP contribution in [0.15, 0.2) is 11.4 Å². The van der Waals surface area contributed by atoms with E-state index in [0.29, 0.717) is 5.88 Å². The van der Waals surface area contributed by atoms with E-state index in [4.69, 9.17) is 16.3 Å². The summed E-state index contributed by atoms with van der Waals surface area (Å²) < 4.78 is 7.39. The normalized spacial score (nSPS) is 17.5. The van der Waals surface area contributed by atoms with Crippen molar-refractivity contribution >= 4 is 23.4 Å². The van der Waals surface area contributed by atoms with Crippen molar-refractivity contribution in [3.05, 3.63) is 11.9 Å². The molecule has 0 spiro atoms. The van der Waals surface area contributed by atoms with Gasteiger partial charge in [0.2, 0.25) is 0 Å². The Morgan fingerprint density at radius 3 is 2.88 bits per heavy atom. The molecule has 2 rings (SSSR count). The minimum absolute atomic E-state index is 0.521. The van der Waals surface area contributed by atoms with Crippen LogP contribution in [0.5, 0.6) is 0 Å². The molecule has 1 aromatic heterocycles. The average molecular weight is 276 g/mol. The Kier molecular flexibility index (Phi) is 5.16. The number of alkyl halides is 1. The van der Waals surface area contributed by atoms with Crippen molar-refractivity contribution in [1.29, 1.82) is 0 Å². The minimum Gasteiger partial charge on any atom is -0.379 e. The van der Waals surface area contributed by atoms with Gasteiger partial charge in [0, 0.05) is 32.4 Å². The van der Waals surface area contributed by atoms with Crippen LogP contribution in [0.1, 0.15) is 5.69 Å². The third-order valence-electron chi connectivity index (χ3n) is 2.92. The van der Waals surface area contributed by atoms with Crippen molar-refractivity contribution in [3.8, 4) is 0 Å². The monoisotopic (exact) mass is 275 g/mol. The maximum atomic E-state index is 5.81. The molecule has 0 atom stereocenters. The molecule has 0 aliphatic carbocycles. The molecule has 0 aromatic carbocycles. The lowest BCUT2D eigenvalue weighted by Crippen LogP contribution is -2.37. The molecule has 1 aliphatic heterocycles. The quantitative estimate of drug-likeness (QED) is 0.603. The molecule has 1 aromatic rings. The van der Waals surface area contributed by atoms with Gasteiger partial charge in [-0.25, -0.2) is 4.98 Å². The highest BCUT2D eigenvalue weighted by molar-refractivity contribution is 7.99. The number of halogens is 1. The van der Waals surface area contributed by atoms with E-state index in [9.17, 15) is 0 Å². The van der Waals surface area contributed by atoms with Gasteiger partial charge in [0.25, 0.3) is 0 Å². The smallest absolute Gasteiger partial charge is 0.167 e. The molecule has 1 aliphatic rings. The number of imidazole rings is 1. The molecule has 0 unspecified atom stereocenters. The fourth-order valence-electron chi connectivity index (χ4n) is 1.77. The van der Waals surface area contributed by atoms with Crippen LogP contribution in [-0.4, -0.2) is 53.1 Å². The van der Waals surface area contributed by atoms with Crippen LogP contribution in [-0.2, 0) is 17.7 Å². The number of nitrogens with zero attached hydrogens (tertiary/aromatic N) is 3. The standard InChI is InChI=1S/C11H18ClN3OS/c1-14-10(8-12)9-13-11(14)17-7-4-15-2-5-16-6-3-15/h9H,2-8H2,1H3. The third-order valence-corrected chi connectivity index (χ3v) is 4.22. The number of aromatic nitrogens is 2. The van der Waals surface area contributed by atoms with Crippen LogP contribution in [0, 0.1) is 0 Å². The van der Waals surface area contributed by atoms with Gasteiger partial charge in [-0.15, -0.1) is 11.6 Å². The lowest BCUT2D eigenvalue weighted by atomic mass is 10.4. The largest absolute Gasteiger partial charge is 0.379 e. The van der Waals surface area contributed by atoms with E-state index in [0.717, 1.165) is 49.5 Å². The number of thioether (sulfide) groups is 1. The van der Waals surface area contributed by atoms with Crippen molar-refractivity contribution in [1.82, 2.24) is 14.5 Å². The van der Waals surface area contributed by atoms with Gasteiger partial charge < -0.3 is 9.30 Å². The zero-order valence-electron chi connectivity index (χ0n) is 10.1. The third kappa shape index (κ3) is 3.61. The van der Waals surface area contributed by atoms with E-state index >= 15 is 0 Å². The fourth-order valence-corrected chi connectivity index (χ4v) is 2.99. The summed E-state index contributed by atoms with van der Waals surface area (Å²) in [4.78, 5) is 6.80. The van der Waals surface area contributed by atoms with Crippen molar-refractivity contribution < 1.29 is 4.74 Å². The van der Waals surface area contributed by atoms with Gasteiger partial charge in [0.05, 0.1) is 31.0 Å². The molecule has 0 saturated carbocycles. The fraction of sp³-hybridized carbons (Fsp3) is 0.727. The first kappa shape index (κ1) is 13.2. The van der Waals surface area contributed by atoms with Gasteiger partial charge in [-0.05, 0) is 0 Å². The summed E-state index contributed by atoms with van der Waals surface area (Å²) in [5.74, 6) is 1.58. The van der Waals surface area contributed by atoms with Crippen LogP contribution in [0.25, 0.3) is 0 Å². The number of rotatable bonds is 5. The molecule has 4 nitrogen and oxygen atoms in total. The molecular formula is C11H18ClN3OS. The highest BCUT2D eigenvalue weighted by Crippen LogP contribution is 2.18. The van der Waals surface area contributed by atoms with E-state index in [2.05, 4.69) is 14.5 Å². The van der Waals surface area contributed by atoms with E-state index in [1.165, 1.54) is 0 Å². The topological polar surface area (TPSA) is 30.3 Å². The van der Waals surface area contributed by atoms with Crippen molar-refractivity contribution in [2.45, 2.75) is 11.0 Å². The molecule has 17 heavy (non-hydrogen) atoms. The number of hydrogen-bond donors (Lipinski definition) is 0. The van der Waals surface area contributed by atoms with E-state index < -0.39 is 0 Å². The van der Waals surface area contributed by atoms with Crippen molar-refractivity contribution in [3.63, 3.8) is 0 Å². The molecule has 0 amide bonds. The minimum atomic E-state index is 0.521. The second-order valence-corrected chi connectivity index (χ2v) is 5.36. The number of ether oxygens (including phenoxy) is 1. The van der Waals surface area contributed by atoms with Gasteiger partial charge in [0.1, 0.15) is 0 Å². The first-order chi connectivity index (χ1) is 8.31. The van der Waals surface area contributed by atoms with Crippen molar-refractivity contribution in [2.24, 2.45) is 7.05 Å². The molecule has 2 heterocycles. The molecule has 96 valence electrons. The van der Waals surface area contributed by atoms with Crippen LogP contribution >= 0.6 is 23.4 Å². The first-order valence-corrected chi connectivity index (χ1v) is 7.32.